The van der Waals surface area contributed by atoms with Gasteiger partial charge in [-0.15, -0.1) is 0 Å². The third-order valence-electron chi connectivity index (χ3n) is 4.23. The molecule has 0 spiro atoms. The van der Waals surface area contributed by atoms with Crippen molar-refractivity contribution in [3.05, 3.63) is 90.6 Å². The number of fused-ring (bicyclic) bond motifs is 1. The van der Waals surface area contributed by atoms with Gasteiger partial charge in [-0.05, 0) is 47.5 Å². The molecule has 0 fully saturated rings. The normalized spacial score (nSPS) is 10.6. The molecule has 0 bridgehead atoms. The molecule has 4 aromatic rings. The first kappa shape index (κ1) is 15.8. The molecule has 0 unspecified atom stereocenters. The Bertz CT molecular complexity index is 1070. The molecule has 4 heteroatoms. The van der Waals surface area contributed by atoms with E-state index in [1.165, 1.54) is 0 Å². The van der Waals surface area contributed by atoms with Gasteiger partial charge in [-0.3, -0.25) is 9.78 Å². The zero-order chi connectivity index (χ0) is 17.9. The van der Waals surface area contributed by atoms with Crippen LogP contribution in [-0.2, 0) is 0 Å². The van der Waals surface area contributed by atoms with Gasteiger partial charge in [0.2, 0.25) is 0 Å². The van der Waals surface area contributed by atoms with E-state index in [2.05, 4.69) is 10.3 Å². The number of phenols is 1. The number of hydrogen-bond acceptors (Lipinski definition) is 3. The van der Waals surface area contributed by atoms with E-state index in [1.807, 2.05) is 54.6 Å². The second-order valence-corrected chi connectivity index (χ2v) is 5.96. The third kappa shape index (κ3) is 3.13. The van der Waals surface area contributed by atoms with E-state index in [1.54, 1.807) is 30.5 Å². The molecule has 0 atom stereocenters. The van der Waals surface area contributed by atoms with Crippen LogP contribution in [0.15, 0.2) is 85.1 Å². The highest BCUT2D eigenvalue weighted by molar-refractivity contribution is 6.08. The van der Waals surface area contributed by atoms with Gasteiger partial charge in [0.25, 0.3) is 5.91 Å². The number of amides is 1. The highest BCUT2D eigenvalue weighted by atomic mass is 16.3. The first-order valence-corrected chi connectivity index (χ1v) is 8.25. The van der Waals surface area contributed by atoms with Crippen LogP contribution in [0.5, 0.6) is 5.75 Å². The van der Waals surface area contributed by atoms with Crippen molar-refractivity contribution in [2.24, 2.45) is 0 Å². The first-order chi connectivity index (χ1) is 12.7. The smallest absolute Gasteiger partial charge is 0.255 e. The minimum absolute atomic E-state index is 0.180. The number of nitrogens with one attached hydrogen (secondary N) is 1. The van der Waals surface area contributed by atoms with E-state index >= 15 is 0 Å². The van der Waals surface area contributed by atoms with Gasteiger partial charge in [0.1, 0.15) is 5.75 Å². The number of phenolic OH excluding ortho intramolecular Hbond substituents is 1. The molecule has 0 saturated heterocycles. The van der Waals surface area contributed by atoms with Crippen LogP contribution in [0.25, 0.3) is 22.0 Å². The lowest BCUT2D eigenvalue weighted by molar-refractivity contribution is 0.102. The zero-order valence-electron chi connectivity index (χ0n) is 13.9. The molecule has 0 aliphatic rings. The summed E-state index contributed by atoms with van der Waals surface area (Å²) in [5.41, 5.74) is 3.99. The maximum Gasteiger partial charge on any atom is 0.255 e. The van der Waals surface area contributed by atoms with E-state index in [-0.39, 0.29) is 11.7 Å². The number of aromatic hydroxyl groups is 1. The summed E-state index contributed by atoms with van der Waals surface area (Å²) in [6.45, 7) is 0. The van der Waals surface area contributed by atoms with Gasteiger partial charge < -0.3 is 10.4 Å². The summed E-state index contributed by atoms with van der Waals surface area (Å²) in [4.78, 5) is 16.9. The third-order valence-corrected chi connectivity index (χ3v) is 4.23. The minimum atomic E-state index is -0.180. The van der Waals surface area contributed by atoms with Crippen LogP contribution in [0, 0.1) is 0 Å². The predicted octanol–water partition coefficient (Wildman–Crippen LogP) is 4.86. The Morgan fingerprint density at radius 1 is 0.808 bits per heavy atom. The molecule has 126 valence electrons. The summed E-state index contributed by atoms with van der Waals surface area (Å²) in [5, 5.41) is 13.3. The van der Waals surface area contributed by atoms with Crippen molar-refractivity contribution in [2.75, 3.05) is 5.32 Å². The van der Waals surface area contributed by atoms with Crippen LogP contribution >= 0.6 is 0 Å². The summed E-state index contributed by atoms with van der Waals surface area (Å²) in [7, 11) is 0. The number of benzene rings is 3. The molecule has 0 aliphatic carbocycles. The summed E-state index contributed by atoms with van der Waals surface area (Å²) in [5.74, 6) is 0.0499. The average molecular weight is 340 g/mol. The number of anilines is 1. The summed E-state index contributed by atoms with van der Waals surface area (Å²) in [6.07, 6.45) is 1.71. The quantitative estimate of drug-likeness (QED) is 0.560. The number of aromatic nitrogens is 1. The summed E-state index contributed by atoms with van der Waals surface area (Å²) >= 11 is 0. The first-order valence-electron chi connectivity index (χ1n) is 8.25. The summed E-state index contributed by atoms with van der Waals surface area (Å²) < 4.78 is 0. The molecular weight excluding hydrogens is 324 g/mol. The van der Waals surface area contributed by atoms with Crippen LogP contribution in [0.1, 0.15) is 10.4 Å². The van der Waals surface area contributed by atoms with Crippen molar-refractivity contribution in [3.63, 3.8) is 0 Å². The Labute approximate surface area is 150 Å². The van der Waals surface area contributed by atoms with Crippen LogP contribution in [-0.4, -0.2) is 16.0 Å². The van der Waals surface area contributed by atoms with Crippen LogP contribution < -0.4 is 5.32 Å². The van der Waals surface area contributed by atoms with Crippen molar-refractivity contribution in [2.45, 2.75) is 0 Å². The van der Waals surface area contributed by atoms with Gasteiger partial charge in [0, 0.05) is 17.1 Å². The van der Waals surface area contributed by atoms with Crippen molar-refractivity contribution in [1.82, 2.24) is 4.98 Å². The molecule has 4 nitrogen and oxygen atoms in total. The van der Waals surface area contributed by atoms with Crippen molar-refractivity contribution in [1.29, 1.82) is 0 Å². The lowest BCUT2D eigenvalue weighted by Gasteiger charge is -2.09. The second kappa shape index (κ2) is 6.69. The SMILES string of the molecule is O=C(Nc1cccc2cccnc12)c1ccc(-c2ccc(O)cc2)cc1. The highest BCUT2D eigenvalue weighted by Gasteiger charge is 2.09. The number of nitrogens with zero attached hydrogens (tertiary/aromatic N) is 1. The molecule has 1 heterocycles. The van der Waals surface area contributed by atoms with Gasteiger partial charge in [-0.1, -0.05) is 42.5 Å². The summed E-state index contributed by atoms with van der Waals surface area (Å²) in [6, 6.07) is 23.9. The number of pyridine rings is 1. The lowest BCUT2D eigenvalue weighted by atomic mass is 10.0. The van der Waals surface area contributed by atoms with Gasteiger partial charge in [-0.25, -0.2) is 0 Å². The Kier molecular flexibility index (Phi) is 4.07. The molecule has 4 rings (SSSR count). The maximum atomic E-state index is 12.6. The Morgan fingerprint density at radius 3 is 2.19 bits per heavy atom. The van der Waals surface area contributed by atoms with Crippen LogP contribution in [0.3, 0.4) is 0 Å². The van der Waals surface area contributed by atoms with Gasteiger partial charge in [0.15, 0.2) is 0 Å². The fourth-order valence-electron chi connectivity index (χ4n) is 2.87. The van der Waals surface area contributed by atoms with E-state index in [0.717, 1.165) is 22.0 Å². The van der Waals surface area contributed by atoms with Crippen molar-refractivity contribution < 1.29 is 9.90 Å². The van der Waals surface area contributed by atoms with E-state index in [4.69, 9.17) is 0 Å². The van der Waals surface area contributed by atoms with Crippen LogP contribution in [0.2, 0.25) is 0 Å². The largest absolute Gasteiger partial charge is 0.508 e. The molecule has 26 heavy (non-hydrogen) atoms. The van der Waals surface area contributed by atoms with Gasteiger partial charge in [-0.2, -0.15) is 0 Å². The predicted molar refractivity (Wildman–Crippen MR) is 103 cm³/mol. The number of carbonyl (C=O) groups excluding carboxylic acids is 1. The molecule has 2 N–H and O–H groups in total. The van der Waals surface area contributed by atoms with E-state index in [0.29, 0.717) is 11.3 Å². The Balaban J connectivity index is 1.57. The van der Waals surface area contributed by atoms with Crippen LogP contribution in [0.4, 0.5) is 5.69 Å². The van der Waals surface area contributed by atoms with Crippen molar-refractivity contribution in [3.8, 4) is 16.9 Å². The second-order valence-electron chi connectivity index (χ2n) is 5.96. The molecule has 1 amide bonds. The zero-order valence-corrected chi connectivity index (χ0v) is 13.9. The highest BCUT2D eigenvalue weighted by Crippen LogP contribution is 2.24. The van der Waals surface area contributed by atoms with Crippen molar-refractivity contribution >= 4 is 22.5 Å². The maximum absolute atomic E-state index is 12.6. The lowest BCUT2D eigenvalue weighted by Crippen LogP contribution is -2.12. The Hall–Kier alpha value is -3.66. The number of rotatable bonds is 3. The molecule has 0 saturated carbocycles. The van der Waals surface area contributed by atoms with Gasteiger partial charge in [0.05, 0.1) is 11.2 Å². The average Bonchev–Trinajstić information content (AvgIpc) is 2.69. The van der Waals surface area contributed by atoms with E-state index in [9.17, 15) is 9.90 Å². The van der Waals surface area contributed by atoms with Gasteiger partial charge >= 0.3 is 0 Å². The molecule has 1 aromatic heterocycles. The molecule has 3 aromatic carbocycles. The Morgan fingerprint density at radius 2 is 1.46 bits per heavy atom. The molecule has 0 aliphatic heterocycles. The molecule has 0 radical (unpaired) electrons. The topological polar surface area (TPSA) is 62.2 Å². The minimum Gasteiger partial charge on any atom is -0.508 e. The number of para-hydroxylation sites is 1. The fourth-order valence-corrected chi connectivity index (χ4v) is 2.87. The number of hydrogen-bond donors (Lipinski definition) is 2. The van der Waals surface area contributed by atoms with E-state index < -0.39 is 0 Å². The fraction of sp³-hybridized carbons (Fsp3) is 0. The number of carbonyl (C=O) groups is 1. The molecular formula is C22H16N2O2. The monoisotopic (exact) mass is 340 g/mol. The standard InChI is InChI=1S/C22H16N2O2/c25-19-12-10-16(11-13-19)15-6-8-18(9-7-15)22(26)24-20-5-1-3-17-4-2-14-23-21(17)20/h1-14,25H,(H,24,26).